The molecule has 0 radical (unpaired) electrons. The van der Waals surface area contributed by atoms with E-state index in [2.05, 4.69) is 38.9 Å². The fourth-order valence-electron chi connectivity index (χ4n) is 4.26. The summed E-state index contributed by atoms with van der Waals surface area (Å²) in [5.41, 5.74) is 1.56. The van der Waals surface area contributed by atoms with Gasteiger partial charge in [0.25, 0.3) is 5.91 Å². The number of anilines is 2. The summed E-state index contributed by atoms with van der Waals surface area (Å²) in [4.78, 5) is 26.3. The number of thiazole rings is 1. The number of morpholine rings is 1. The van der Waals surface area contributed by atoms with Crippen LogP contribution in [0.2, 0.25) is 0 Å². The van der Waals surface area contributed by atoms with Crippen molar-refractivity contribution >= 4 is 28.2 Å². The fourth-order valence-corrected chi connectivity index (χ4v) is 4.95. The highest BCUT2D eigenvalue weighted by Gasteiger charge is 2.22. The summed E-state index contributed by atoms with van der Waals surface area (Å²) in [6.45, 7) is 10.8. The average molecular weight is 416 g/mol. The number of ether oxygens (including phenoxy) is 1. The summed E-state index contributed by atoms with van der Waals surface area (Å²) >= 11 is 1.48. The van der Waals surface area contributed by atoms with E-state index in [0.717, 1.165) is 56.1 Å². The molecule has 1 amide bonds. The fraction of sp³-hybridized carbons (Fsp3) is 0.571. The van der Waals surface area contributed by atoms with Gasteiger partial charge in [0.05, 0.1) is 24.5 Å². The van der Waals surface area contributed by atoms with Crippen LogP contribution < -0.4 is 10.2 Å². The Labute approximate surface area is 176 Å². The third-order valence-corrected chi connectivity index (χ3v) is 6.25. The Morgan fingerprint density at radius 2 is 2.00 bits per heavy atom. The van der Waals surface area contributed by atoms with Crippen molar-refractivity contribution in [3.8, 4) is 0 Å². The number of piperidine rings is 1. The maximum Gasteiger partial charge on any atom is 0.259 e. The maximum atomic E-state index is 12.6. The number of rotatable bonds is 5. The second-order valence-corrected chi connectivity index (χ2v) is 9.10. The van der Waals surface area contributed by atoms with Gasteiger partial charge in [0.2, 0.25) is 0 Å². The van der Waals surface area contributed by atoms with Crippen molar-refractivity contribution in [3.05, 3.63) is 35.0 Å². The van der Waals surface area contributed by atoms with Crippen molar-refractivity contribution in [2.75, 3.05) is 49.6 Å². The SMILES string of the molecule is CC1CC(C)CN(Cc2csc(NC(=O)c3ccc(N4CCOCC4)nc3)n2)C1. The van der Waals surface area contributed by atoms with Crippen LogP contribution in [-0.2, 0) is 11.3 Å². The molecule has 29 heavy (non-hydrogen) atoms. The molecule has 4 heterocycles. The second kappa shape index (κ2) is 9.19. The molecule has 0 spiro atoms. The van der Waals surface area contributed by atoms with Crippen LogP contribution in [0, 0.1) is 11.8 Å². The number of pyridine rings is 1. The zero-order valence-electron chi connectivity index (χ0n) is 17.1. The molecule has 0 aromatic carbocycles. The quantitative estimate of drug-likeness (QED) is 0.809. The van der Waals surface area contributed by atoms with Gasteiger partial charge >= 0.3 is 0 Å². The number of carbonyl (C=O) groups excluding carboxylic acids is 1. The molecule has 7 nitrogen and oxygen atoms in total. The van der Waals surface area contributed by atoms with Gasteiger partial charge in [-0.25, -0.2) is 9.97 Å². The Morgan fingerprint density at radius 3 is 2.69 bits per heavy atom. The highest BCUT2D eigenvalue weighted by molar-refractivity contribution is 7.13. The van der Waals surface area contributed by atoms with Gasteiger partial charge in [-0.2, -0.15) is 0 Å². The van der Waals surface area contributed by atoms with Gasteiger partial charge in [0.15, 0.2) is 5.13 Å². The first kappa shape index (κ1) is 20.3. The zero-order chi connectivity index (χ0) is 20.2. The lowest BCUT2D eigenvalue weighted by Gasteiger charge is -2.34. The minimum atomic E-state index is -0.174. The number of carbonyl (C=O) groups is 1. The standard InChI is InChI=1S/C21H29N5O2S/c1-15-9-16(2)12-25(11-15)13-18-14-29-21(23-18)24-20(27)17-3-4-19(22-10-17)26-5-7-28-8-6-26/h3-4,10,14-16H,5-9,11-13H2,1-2H3,(H,23,24,27). The molecule has 2 aromatic rings. The number of amides is 1. The number of nitrogens with zero attached hydrogens (tertiary/aromatic N) is 4. The first-order valence-electron chi connectivity index (χ1n) is 10.3. The predicted molar refractivity (Wildman–Crippen MR) is 116 cm³/mol. The second-order valence-electron chi connectivity index (χ2n) is 8.24. The molecule has 156 valence electrons. The Hall–Kier alpha value is -2.03. The van der Waals surface area contributed by atoms with E-state index in [-0.39, 0.29) is 5.91 Å². The van der Waals surface area contributed by atoms with Crippen LogP contribution in [-0.4, -0.2) is 60.2 Å². The molecule has 2 unspecified atom stereocenters. The molecule has 2 aliphatic heterocycles. The predicted octanol–water partition coefficient (Wildman–Crippen LogP) is 3.10. The molecule has 0 bridgehead atoms. The Kier molecular flexibility index (Phi) is 6.42. The molecule has 2 fully saturated rings. The molecular weight excluding hydrogens is 386 g/mol. The van der Waals surface area contributed by atoms with Crippen LogP contribution >= 0.6 is 11.3 Å². The topological polar surface area (TPSA) is 70.6 Å². The van der Waals surface area contributed by atoms with E-state index in [0.29, 0.717) is 23.9 Å². The normalized spacial score (nSPS) is 23.2. The number of hydrogen-bond acceptors (Lipinski definition) is 7. The molecule has 4 rings (SSSR count). The Bertz CT molecular complexity index is 809. The van der Waals surface area contributed by atoms with E-state index in [1.165, 1.54) is 17.8 Å². The van der Waals surface area contributed by atoms with Crippen molar-refractivity contribution in [3.63, 3.8) is 0 Å². The van der Waals surface area contributed by atoms with Crippen LogP contribution in [0.25, 0.3) is 0 Å². The lowest BCUT2D eigenvalue weighted by molar-refractivity contribution is 0.102. The summed E-state index contributed by atoms with van der Waals surface area (Å²) in [6.07, 6.45) is 2.93. The van der Waals surface area contributed by atoms with Gasteiger partial charge in [-0.3, -0.25) is 15.0 Å². The largest absolute Gasteiger partial charge is 0.378 e. The van der Waals surface area contributed by atoms with E-state index >= 15 is 0 Å². The van der Waals surface area contributed by atoms with Crippen LogP contribution in [0.1, 0.15) is 36.3 Å². The monoisotopic (exact) mass is 415 g/mol. The molecule has 1 N–H and O–H groups in total. The first-order chi connectivity index (χ1) is 14.1. The molecule has 0 aliphatic carbocycles. The Balaban J connectivity index is 1.33. The Morgan fingerprint density at radius 1 is 1.24 bits per heavy atom. The van der Waals surface area contributed by atoms with Gasteiger partial charge in [-0.15, -0.1) is 11.3 Å². The van der Waals surface area contributed by atoms with E-state index in [9.17, 15) is 4.79 Å². The molecule has 2 aliphatic rings. The number of hydrogen-bond donors (Lipinski definition) is 1. The van der Waals surface area contributed by atoms with Gasteiger partial charge in [-0.05, 0) is 30.4 Å². The van der Waals surface area contributed by atoms with Gasteiger partial charge < -0.3 is 9.64 Å². The van der Waals surface area contributed by atoms with Gasteiger partial charge in [0, 0.05) is 44.3 Å². The van der Waals surface area contributed by atoms with E-state index in [1.807, 2.05) is 17.5 Å². The average Bonchev–Trinajstić information content (AvgIpc) is 3.14. The van der Waals surface area contributed by atoms with Crippen LogP contribution in [0.15, 0.2) is 23.7 Å². The lowest BCUT2D eigenvalue weighted by atomic mass is 9.92. The van der Waals surface area contributed by atoms with Crippen molar-refractivity contribution in [1.29, 1.82) is 0 Å². The smallest absolute Gasteiger partial charge is 0.259 e. The van der Waals surface area contributed by atoms with Crippen molar-refractivity contribution in [1.82, 2.24) is 14.9 Å². The third kappa shape index (κ3) is 5.32. The molecule has 8 heteroatoms. The summed E-state index contributed by atoms with van der Waals surface area (Å²) in [5, 5.41) is 5.59. The molecule has 2 aromatic heterocycles. The minimum Gasteiger partial charge on any atom is -0.378 e. The van der Waals surface area contributed by atoms with E-state index in [4.69, 9.17) is 4.74 Å². The molecule has 0 saturated carbocycles. The van der Waals surface area contributed by atoms with Crippen molar-refractivity contribution in [2.24, 2.45) is 11.8 Å². The van der Waals surface area contributed by atoms with Crippen LogP contribution in [0.4, 0.5) is 10.9 Å². The van der Waals surface area contributed by atoms with Gasteiger partial charge in [-0.1, -0.05) is 13.8 Å². The van der Waals surface area contributed by atoms with Crippen LogP contribution in [0.3, 0.4) is 0 Å². The summed E-state index contributed by atoms with van der Waals surface area (Å²) in [5.74, 6) is 2.16. The molecule has 2 saturated heterocycles. The third-order valence-electron chi connectivity index (χ3n) is 5.45. The number of likely N-dealkylation sites (tertiary alicyclic amines) is 1. The highest BCUT2D eigenvalue weighted by atomic mass is 32.1. The summed E-state index contributed by atoms with van der Waals surface area (Å²) in [7, 11) is 0. The summed E-state index contributed by atoms with van der Waals surface area (Å²) < 4.78 is 5.37. The highest BCUT2D eigenvalue weighted by Crippen LogP contribution is 2.24. The van der Waals surface area contributed by atoms with E-state index < -0.39 is 0 Å². The van der Waals surface area contributed by atoms with E-state index in [1.54, 1.807) is 6.20 Å². The number of aromatic nitrogens is 2. The molecular formula is C21H29N5O2S. The van der Waals surface area contributed by atoms with Gasteiger partial charge in [0.1, 0.15) is 5.82 Å². The minimum absolute atomic E-state index is 0.174. The first-order valence-corrected chi connectivity index (χ1v) is 11.2. The summed E-state index contributed by atoms with van der Waals surface area (Å²) in [6, 6.07) is 3.71. The lowest BCUT2D eigenvalue weighted by Crippen LogP contribution is -2.38. The number of nitrogens with one attached hydrogen (secondary N) is 1. The zero-order valence-corrected chi connectivity index (χ0v) is 18.0. The maximum absolute atomic E-state index is 12.6. The van der Waals surface area contributed by atoms with Crippen molar-refractivity contribution in [2.45, 2.75) is 26.8 Å². The van der Waals surface area contributed by atoms with Crippen molar-refractivity contribution < 1.29 is 9.53 Å². The molecule has 2 atom stereocenters. The van der Waals surface area contributed by atoms with Crippen LogP contribution in [0.5, 0.6) is 0 Å².